The number of esters is 1. The largest absolute Gasteiger partial charge is 0.464 e. The van der Waals surface area contributed by atoms with Crippen molar-refractivity contribution in [3.63, 3.8) is 0 Å². The molecule has 1 atom stereocenters. The van der Waals surface area contributed by atoms with Crippen LogP contribution in [-0.2, 0) is 9.53 Å². The Bertz CT molecular complexity index is 489. The molecule has 0 aromatic heterocycles. The summed E-state index contributed by atoms with van der Waals surface area (Å²) < 4.78 is 5.01. The molecule has 102 valence electrons. The molecule has 1 aliphatic rings. The van der Waals surface area contributed by atoms with Gasteiger partial charge in [0, 0.05) is 17.1 Å². The number of carbonyl (C=O) groups is 2. The van der Waals surface area contributed by atoms with E-state index in [0.29, 0.717) is 30.2 Å². The first kappa shape index (κ1) is 13.9. The summed E-state index contributed by atoms with van der Waals surface area (Å²) >= 11 is 5.88. The predicted octanol–water partition coefficient (Wildman–Crippen LogP) is 2.51. The first-order valence-electron chi connectivity index (χ1n) is 6.36. The highest BCUT2D eigenvalue weighted by Gasteiger charge is 2.35. The maximum Gasteiger partial charge on any atom is 0.328 e. The van der Waals surface area contributed by atoms with Gasteiger partial charge in [-0.2, -0.15) is 0 Å². The van der Waals surface area contributed by atoms with Crippen molar-refractivity contribution in [1.29, 1.82) is 0 Å². The van der Waals surface area contributed by atoms with Crippen LogP contribution in [0.5, 0.6) is 0 Å². The van der Waals surface area contributed by atoms with Gasteiger partial charge in [0.15, 0.2) is 0 Å². The lowest BCUT2D eigenvalue weighted by molar-refractivity contribution is -0.147. The Morgan fingerprint density at radius 1 is 1.47 bits per heavy atom. The molecular formula is C14H16ClNO3. The molecule has 0 bridgehead atoms. The molecule has 0 spiro atoms. The number of likely N-dealkylation sites (tertiary alicyclic amines) is 1. The Balaban J connectivity index is 2.16. The topological polar surface area (TPSA) is 46.6 Å². The lowest BCUT2D eigenvalue weighted by Crippen LogP contribution is -2.41. The molecule has 0 aliphatic carbocycles. The van der Waals surface area contributed by atoms with Crippen LogP contribution in [-0.4, -0.2) is 36.0 Å². The summed E-state index contributed by atoms with van der Waals surface area (Å²) in [6.07, 6.45) is 1.47. The highest BCUT2D eigenvalue weighted by atomic mass is 35.5. The highest BCUT2D eigenvalue weighted by Crippen LogP contribution is 2.22. The van der Waals surface area contributed by atoms with Gasteiger partial charge in [0.1, 0.15) is 6.04 Å². The van der Waals surface area contributed by atoms with Crippen LogP contribution in [0.4, 0.5) is 0 Å². The van der Waals surface area contributed by atoms with Gasteiger partial charge in [0.2, 0.25) is 0 Å². The lowest BCUT2D eigenvalue weighted by Gasteiger charge is -2.23. The van der Waals surface area contributed by atoms with E-state index in [1.807, 2.05) is 0 Å². The van der Waals surface area contributed by atoms with E-state index in [4.69, 9.17) is 16.3 Å². The van der Waals surface area contributed by atoms with E-state index in [-0.39, 0.29) is 11.9 Å². The van der Waals surface area contributed by atoms with E-state index >= 15 is 0 Å². The zero-order chi connectivity index (χ0) is 13.8. The second-order valence-corrected chi connectivity index (χ2v) is 4.86. The maximum absolute atomic E-state index is 12.4. The fourth-order valence-electron chi connectivity index (χ4n) is 2.28. The maximum atomic E-state index is 12.4. The molecule has 1 aromatic carbocycles. The van der Waals surface area contributed by atoms with Gasteiger partial charge < -0.3 is 9.64 Å². The smallest absolute Gasteiger partial charge is 0.328 e. The van der Waals surface area contributed by atoms with Crippen LogP contribution in [0.3, 0.4) is 0 Å². The molecule has 1 saturated heterocycles. The standard InChI is InChI=1S/C14H16ClNO3/c1-2-19-14(18)12-7-4-8-16(12)13(17)10-5-3-6-11(15)9-10/h3,5-6,9,12H,2,4,7-8H2,1H3. The molecule has 1 amide bonds. The third kappa shape index (κ3) is 3.07. The Labute approximate surface area is 117 Å². The van der Waals surface area contributed by atoms with Crippen molar-refractivity contribution in [1.82, 2.24) is 4.90 Å². The second-order valence-electron chi connectivity index (χ2n) is 4.42. The van der Waals surface area contributed by atoms with E-state index in [1.165, 1.54) is 0 Å². The van der Waals surface area contributed by atoms with Crippen LogP contribution in [0.15, 0.2) is 24.3 Å². The zero-order valence-corrected chi connectivity index (χ0v) is 11.5. The summed E-state index contributed by atoms with van der Waals surface area (Å²) in [5.74, 6) is -0.492. The van der Waals surface area contributed by atoms with Gasteiger partial charge in [0.25, 0.3) is 5.91 Å². The Morgan fingerprint density at radius 2 is 2.26 bits per heavy atom. The minimum Gasteiger partial charge on any atom is -0.464 e. The van der Waals surface area contributed by atoms with E-state index in [1.54, 1.807) is 36.1 Å². The van der Waals surface area contributed by atoms with Crippen molar-refractivity contribution < 1.29 is 14.3 Å². The number of benzene rings is 1. The van der Waals surface area contributed by atoms with Crippen molar-refractivity contribution >= 4 is 23.5 Å². The number of amides is 1. The third-order valence-electron chi connectivity index (χ3n) is 3.14. The summed E-state index contributed by atoms with van der Waals surface area (Å²) in [4.78, 5) is 25.8. The molecule has 0 N–H and O–H groups in total. The first-order valence-corrected chi connectivity index (χ1v) is 6.74. The van der Waals surface area contributed by atoms with Crippen LogP contribution in [0, 0.1) is 0 Å². The summed E-state index contributed by atoms with van der Waals surface area (Å²) in [7, 11) is 0. The quantitative estimate of drug-likeness (QED) is 0.800. The Morgan fingerprint density at radius 3 is 2.95 bits per heavy atom. The van der Waals surface area contributed by atoms with Crippen molar-refractivity contribution in [2.45, 2.75) is 25.8 Å². The predicted molar refractivity (Wildman–Crippen MR) is 72.1 cm³/mol. The monoisotopic (exact) mass is 281 g/mol. The fraction of sp³-hybridized carbons (Fsp3) is 0.429. The molecule has 2 rings (SSSR count). The van der Waals surface area contributed by atoms with Crippen molar-refractivity contribution in [2.24, 2.45) is 0 Å². The van der Waals surface area contributed by atoms with Crippen LogP contribution in [0.1, 0.15) is 30.1 Å². The average Bonchev–Trinajstić information content (AvgIpc) is 2.87. The van der Waals surface area contributed by atoms with Crippen LogP contribution in [0.2, 0.25) is 5.02 Å². The van der Waals surface area contributed by atoms with E-state index in [0.717, 1.165) is 6.42 Å². The molecule has 0 radical (unpaired) electrons. The lowest BCUT2D eigenvalue weighted by atomic mass is 10.1. The summed E-state index contributed by atoms with van der Waals surface area (Å²) in [5, 5.41) is 0.512. The SMILES string of the molecule is CCOC(=O)C1CCCN1C(=O)c1cccc(Cl)c1. The second kappa shape index (κ2) is 6.06. The summed E-state index contributed by atoms with van der Waals surface area (Å²) in [5.41, 5.74) is 0.503. The average molecular weight is 282 g/mol. The highest BCUT2D eigenvalue weighted by molar-refractivity contribution is 6.31. The molecule has 1 unspecified atom stereocenters. The minimum atomic E-state index is -0.466. The fourth-order valence-corrected chi connectivity index (χ4v) is 2.47. The molecule has 19 heavy (non-hydrogen) atoms. The number of ether oxygens (including phenoxy) is 1. The molecule has 4 nitrogen and oxygen atoms in total. The van der Waals surface area contributed by atoms with Gasteiger partial charge in [-0.3, -0.25) is 4.79 Å². The third-order valence-corrected chi connectivity index (χ3v) is 3.38. The van der Waals surface area contributed by atoms with Crippen molar-refractivity contribution in [3.8, 4) is 0 Å². The molecule has 1 aliphatic heterocycles. The van der Waals surface area contributed by atoms with E-state index in [9.17, 15) is 9.59 Å². The van der Waals surface area contributed by atoms with Crippen molar-refractivity contribution in [2.75, 3.05) is 13.2 Å². The van der Waals surface area contributed by atoms with Gasteiger partial charge >= 0.3 is 5.97 Å². The van der Waals surface area contributed by atoms with Gasteiger partial charge in [-0.05, 0) is 38.0 Å². The van der Waals surface area contributed by atoms with Gasteiger partial charge in [-0.15, -0.1) is 0 Å². The molecule has 1 heterocycles. The Kier molecular flexibility index (Phi) is 4.43. The summed E-state index contributed by atoms with van der Waals surface area (Å²) in [6.45, 7) is 2.67. The molecule has 1 fully saturated rings. The zero-order valence-electron chi connectivity index (χ0n) is 10.8. The van der Waals surface area contributed by atoms with Gasteiger partial charge in [-0.25, -0.2) is 4.79 Å². The van der Waals surface area contributed by atoms with Crippen LogP contribution in [0.25, 0.3) is 0 Å². The first-order chi connectivity index (χ1) is 9.13. The van der Waals surface area contributed by atoms with Gasteiger partial charge in [0.05, 0.1) is 6.61 Å². The van der Waals surface area contributed by atoms with E-state index < -0.39 is 6.04 Å². The van der Waals surface area contributed by atoms with Gasteiger partial charge in [-0.1, -0.05) is 17.7 Å². The number of halogens is 1. The van der Waals surface area contributed by atoms with Crippen LogP contribution < -0.4 is 0 Å². The molecule has 0 saturated carbocycles. The van der Waals surface area contributed by atoms with Crippen LogP contribution >= 0.6 is 11.6 Å². The number of carbonyl (C=O) groups excluding carboxylic acids is 2. The number of nitrogens with zero attached hydrogens (tertiary/aromatic N) is 1. The Hall–Kier alpha value is -1.55. The molecule has 5 heteroatoms. The normalized spacial score (nSPS) is 18.4. The van der Waals surface area contributed by atoms with E-state index in [2.05, 4.69) is 0 Å². The van der Waals surface area contributed by atoms with Crippen molar-refractivity contribution in [3.05, 3.63) is 34.9 Å². The molecule has 1 aromatic rings. The number of hydrogen-bond donors (Lipinski definition) is 0. The summed E-state index contributed by atoms with van der Waals surface area (Å²) in [6, 6.07) is 6.29. The molecular weight excluding hydrogens is 266 g/mol. The number of hydrogen-bond acceptors (Lipinski definition) is 3. The minimum absolute atomic E-state index is 0.168. The number of rotatable bonds is 3.